The second-order valence-electron chi connectivity index (χ2n) is 7.71. The number of amides is 3. The van der Waals surface area contributed by atoms with Gasteiger partial charge in [-0.2, -0.15) is 0 Å². The fourth-order valence-electron chi connectivity index (χ4n) is 3.51. The fraction of sp³-hybridized carbons (Fsp3) is 0.333. The molecular formula is C24H27N3O6. The van der Waals surface area contributed by atoms with Gasteiger partial charge in [0.1, 0.15) is 25.3 Å². The van der Waals surface area contributed by atoms with Crippen LogP contribution in [0.4, 0.5) is 4.79 Å². The summed E-state index contributed by atoms with van der Waals surface area (Å²) in [5.41, 5.74) is 7.00. The summed E-state index contributed by atoms with van der Waals surface area (Å²) >= 11 is 0. The maximum atomic E-state index is 12.8. The summed E-state index contributed by atoms with van der Waals surface area (Å²) in [6.45, 7) is 0.483. The predicted octanol–water partition coefficient (Wildman–Crippen LogP) is 1.89. The summed E-state index contributed by atoms with van der Waals surface area (Å²) in [7, 11) is 0. The van der Waals surface area contributed by atoms with E-state index in [0.29, 0.717) is 19.4 Å². The topological polar surface area (TPSA) is 128 Å². The molecule has 9 heteroatoms. The number of carbonyl (C=O) groups is 4. The number of primary amides is 1. The number of rotatable bonds is 9. The number of esters is 1. The second kappa shape index (κ2) is 11.7. The molecule has 1 aliphatic rings. The highest BCUT2D eigenvalue weighted by molar-refractivity contribution is 5.93. The van der Waals surface area contributed by atoms with Gasteiger partial charge in [0.2, 0.25) is 11.8 Å². The van der Waals surface area contributed by atoms with Gasteiger partial charge in [0.25, 0.3) is 0 Å². The molecule has 0 bridgehead atoms. The Labute approximate surface area is 191 Å². The summed E-state index contributed by atoms with van der Waals surface area (Å²) < 4.78 is 10.5. The first-order chi connectivity index (χ1) is 15.9. The first kappa shape index (κ1) is 23.8. The Balaban J connectivity index is 1.52. The van der Waals surface area contributed by atoms with Gasteiger partial charge in [-0.1, -0.05) is 60.7 Å². The molecule has 3 rings (SSSR count). The van der Waals surface area contributed by atoms with Crippen molar-refractivity contribution in [1.29, 1.82) is 0 Å². The zero-order valence-corrected chi connectivity index (χ0v) is 18.1. The molecule has 3 N–H and O–H groups in total. The highest BCUT2D eigenvalue weighted by atomic mass is 16.6. The first-order valence-corrected chi connectivity index (χ1v) is 10.7. The highest BCUT2D eigenvalue weighted by Gasteiger charge is 2.37. The van der Waals surface area contributed by atoms with Crippen LogP contribution in [0.15, 0.2) is 60.7 Å². The summed E-state index contributed by atoms with van der Waals surface area (Å²) in [5, 5.41) is 2.48. The summed E-state index contributed by atoms with van der Waals surface area (Å²) in [4.78, 5) is 50.6. The van der Waals surface area contributed by atoms with Crippen molar-refractivity contribution in [2.24, 2.45) is 5.73 Å². The van der Waals surface area contributed by atoms with E-state index in [0.717, 1.165) is 11.1 Å². The Morgan fingerprint density at radius 2 is 1.52 bits per heavy atom. The zero-order valence-electron chi connectivity index (χ0n) is 18.1. The molecule has 9 nitrogen and oxygen atoms in total. The van der Waals surface area contributed by atoms with Gasteiger partial charge < -0.3 is 20.5 Å². The van der Waals surface area contributed by atoms with Gasteiger partial charge in [-0.25, -0.2) is 4.79 Å². The molecule has 2 atom stereocenters. The van der Waals surface area contributed by atoms with E-state index in [1.54, 1.807) is 12.1 Å². The van der Waals surface area contributed by atoms with Crippen molar-refractivity contribution in [2.75, 3.05) is 6.54 Å². The van der Waals surface area contributed by atoms with Gasteiger partial charge in [-0.05, 0) is 24.0 Å². The molecule has 0 radical (unpaired) electrons. The van der Waals surface area contributed by atoms with Crippen LogP contribution in [-0.2, 0) is 37.1 Å². The van der Waals surface area contributed by atoms with Crippen LogP contribution < -0.4 is 11.1 Å². The van der Waals surface area contributed by atoms with Gasteiger partial charge in [-0.3, -0.25) is 19.3 Å². The fourth-order valence-corrected chi connectivity index (χ4v) is 3.51. The lowest BCUT2D eigenvalue weighted by Gasteiger charge is -2.25. The number of nitrogens with one attached hydrogen (secondary N) is 1. The van der Waals surface area contributed by atoms with Crippen molar-refractivity contribution in [3.05, 3.63) is 71.8 Å². The third-order valence-electron chi connectivity index (χ3n) is 5.27. The minimum absolute atomic E-state index is 0.0444. The van der Waals surface area contributed by atoms with E-state index in [9.17, 15) is 19.2 Å². The summed E-state index contributed by atoms with van der Waals surface area (Å²) in [5.74, 6) is -2.10. The van der Waals surface area contributed by atoms with Crippen molar-refractivity contribution in [3.8, 4) is 0 Å². The second-order valence-corrected chi connectivity index (χ2v) is 7.71. The molecule has 0 spiro atoms. The van der Waals surface area contributed by atoms with E-state index in [4.69, 9.17) is 15.2 Å². The van der Waals surface area contributed by atoms with E-state index in [1.807, 2.05) is 48.5 Å². The van der Waals surface area contributed by atoms with Crippen LogP contribution >= 0.6 is 0 Å². The van der Waals surface area contributed by atoms with Crippen LogP contribution in [0.2, 0.25) is 0 Å². The van der Waals surface area contributed by atoms with E-state index in [1.165, 1.54) is 4.90 Å². The standard InChI is InChI=1S/C24H27N3O6/c25-22(29)19(14-21(28)32-15-17-8-3-1-4-9-17)26-23(30)20-12-7-13-27(20)24(31)33-16-18-10-5-2-6-11-18/h1-6,8-11,19-20H,7,12-16H2,(H2,25,29)(H,26,30)/t19-,20+/m0/s1. The number of likely N-dealkylation sites (tertiary alicyclic amines) is 1. The third-order valence-corrected chi connectivity index (χ3v) is 5.27. The van der Waals surface area contributed by atoms with E-state index in [-0.39, 0.29) is 13.2 Å². The lowest BCUT2D eigenvalue weighted by molar-refractivity contribution is -0.147. The van der Waals surface area contributed by atoms with Gasteiger partial charge >= 0.3 is 12.1 Å². The average molecular weight is 453 g/mol. The molecule has 0 unspecified atom stereocenters. The first-order valence-electron chi connectivity index (χ1n) is 10.7. The normalized spacial score (nSPS) is 16.0. The molecule has 2 aromatic rings. The largest absolute Gasteiger partial charge is 0.461 e. The van der Waals surface area contributed by atoms with Crippen LogP contribution in [0.1, 0.15) is 30.4 Å². The lowest BCUT2D eigenvalue weighted by atomic mass is 10.1. The van der Waals surface area contributed by atoms with E-state index in [2.05, 4.69) is 5.32 Å². The maximum absolute atomic E-state index is 12.8. The predicted molar refractivity (Wildman–Crippen MR) is 118 cm³/mol. The van der Waals surface area contributed by atoms with E-state index < -0.39 is 42.4 Å². The van der Waals surface area contributed by atoms with Crippen molar-refractivity contribution in [2.45, 2.75) is 44.6 Å². The number of benzene rings is 2. The van der Waals surface area contributed by atoms with E-state index >= 15 is 0 Å². The quantitative estimate of drug-likeness (QED) is 0.558. The van der Waals surface area contributed by atoms with Crippen LogP contribution in [-0.4, -0.2) is 47.4 Å². The molecule has 1 heterocycles. The molecule has 174 valence electrons. The third kappa shape index (κ3) is 7.06. The number of ether oxygens (including phenoxy) is 2. The number of carbonyl (C=O) groups excluding carboxylic acids is 4. The minimum Gasteiger partial charge on any atom is -0.461 e. The average Bonchev–Trinajstić information content (AvgIpc) is 3.32. The molecule has 33 heavy (non-hydrogen) atoms. The van der Waals surface area contributed by atoms with Crippen LogP contribution in [0.3, 0.4) is 0 Å². The van der Waals surface area contributed by atoms with Gasteiger partial charge in [0, 0.05) is 6.54 Å². The van der Waals surface area contributed by atoms with Crippen LogP contribution in [0.25, 0.3) is 0 Å². The zero-order chi connectivity index (χ0) is 23.6. The molecule has 3 amide bonds. The Morgan fingerprint density at radius 1 is 0.939 bits per heavy atom. The maximum Gasteiger partial charge on any atom is 0.410 e. The number of hydrogen-bond acceptors (Lipinski definition) is 6. The highest BCUT2D eigenvalue weighted by Crippen LogP contribution is 2.19. The summed E-state index contributed by atoms with van der Waals surface area (Å²) in [6, 6.07) is 16.2. The Bertz CT molecular complexity index is 967. The van der Waals surface area contributed by atoms with Gasteiger partial charge in [-0.15, -0.1) is 0 Å². The smallest absolute Gasteiger partial charge is 0.410 e. The molecule has 1 saturated heterocycles. The van der Waals surface area contributed by atoms with Crippen molar-refractivity contribution < 1.29 is 28.7 Å². The van der Waals surface area contributed by atoms with Crippen LogP contribution in [0, 0.1) is 0 Å². The molecule has 0 aromatic heterocycles. The lowest BCUT2D eigenvalue weighted by Crippen LogP contribution is -2.53. The molecule has 0 saturated carbocycles. The molecule has 1 aliphatic heterocycles. The molecule has 1 fully saturated rings. The Morgan fingerprint density at radius 3 is 2.09 bits per heavy atom. The van der Waals surface area contributed by atoms with Gasteiger partial charge in [0.15, 0.2) is 0 Å². The van der Waals surface area contributed by atoms with Crippen LogP contribution in [0.5, 0.6) is 0 Å². The van der Waals surface area contributed by atoms with Crippen molar-refractivity contribution in [3.63, 3.8) is 0 Å². The van der Waals surface area contributed by atoms with Crippen molar-refractivity contribution in [1.82, 2.24) is 10.2 Å². The Hall–Kier alpha value is -3.88. The number of nitrogens with two attached hydrogens (primary N) is 1. The Kier molecular flexibility index (Phi) is 8.40. The SMILES string of the molecule is NC(=O)[C@H](CC(=O)OCc1ccccc1)NC(=O)[C@H]1CCCN1C(=O)OCc1ccccc1. The molecular weight excluding hydrogens is 426 g/mol. The number of hydrogen-bond donors (Lipinski definition) is 2. The molecule has 0 aliphatic carbocycles. The summed E-state index contributed by atoms with van der Waals surface area (Å²) in [6.07, 6.45) is 0.00291. The molecule has 2 aromatic carbocycles. The monoisotopic (exact) mass is 453 g/mol. The minimum atomic E-state index is -1.25. The van der Waals surface area contributed by atoms with Gasteiger partial charge in [0.05, 0.1) is 6.42 Å². The van der Waals surface area contributed by atoms with Crippen molar-refractivity contribution >= 4 is 23.9 Å². The number of nitrogens with zero attached hydrogens (tertiary/aromatic N) is 1.